The molecule has 1 aliphatic heterocycles. The number of carbonyl (C=O) groups excluding carboxylic acids is 1. The predicted octanol–water partition coefficient (Wildman–Crippen LogP) is 4.07. The van der Waals surface area contributed by atoms with Gasteiger partial charge in [0.05, 0.1) is 23.4 Å². The number of ether oxygens (including phenoxy) is 1. The van der Waals surface area contributed by atoms with Crippen LogP contribution in [0.1, 0.15) is 25.3 Å². The summed E-state index contributed by atoms with van der Waals surface area (Å²) in [5, 5.41) is 4.87. The second kappa shape index (κ2) is 9.26. The van der Waals surface area contributed by atoms with Gasteiger partial charge in [-0.3, -0.25) is 4.79 Å². The molecule has 1 N–H and O–H groups in total. The lowest BCUT2D eigenvalue weighted by molar-refractivity contribution is -0.148. The Hall–Kier alpha value is -2.93. The van der Waals surface area contributed by atoms with Gasteiger partial charge in [0.15, 0.2) is 0 Å². The van der Waals surface area contributed by atoms with Crippen LogP contribution in [0.3, 0.4) is 0 Å². The fraction of sp³-hybridized carbons (Fsp3) is 0.364. The number of hydrogen-bond acceptors (Lipinski definition) is 7. The van der Waals surface area contributed by atoms with Crippen molar-refractivity contribution in [1.29, 1.82) is 0 Å². The van der Waals surface area contributed by atoms with Crippen LogP contribution in [0.25, 0.3) is 10.9 Å². The van der Waals surface area contributed by atoms with Gasteiger partial charge >= 0.3 is 5.97 Å². The van der Waals surface area contributed by atoms with Gasteiger partial charge in [-0.05, 0) is 43.5 Å². The third kappa shape index (κ3) is 4.62. The number of pyridine rings is 1. The Bertz CT molecular complexity index is 1020. The van der Waals surface area contributed by atoms with Crippen molar-refractivity contribution in [2.75, 3.05) is 29.9 Å². The molecule has 0 saturated carbocycles. The van der Waals surface area contributed by atoms with Crippen LogP contribution >= 0.6 is 11.6 Å². The Morgan fingerprint density at radius 1 is 1.20 bits per heavy atom. The number of rotatable bonds is 6. The van der Waals surface area contributed by atoms with Crippen LogP contribution in [0.2, 0.25) is 5.02 Å². The molecule has 0 radical (unpaired) electrons. The van der Waals surface area contributed by atoms with Crippen molar-refractivity contribution < 1.29 is 9.53 Å². The first-order valence-corrected chi connectivity index (χ1v) is 10.5. The molecule has 4 rings (SSSR count). The maximum atomic E-state index is 12.0. The highest BCUT2D eigenvalue weighted by molar-refractivity contribution is 6.30. The molecule has 156 valence electrons. The van der Waals surface area contributed by atoms with Gasteiger partial charge < -0.3 is 15.0 Å². The number of piperidine rings is 1. The molecule has 0 atom stereocenters. The highest BCUT2D eigenvalue weighted by Gasteiger charge is 2.27. The third-order valence-corrected chi connectivity index (χ3v) is 5.52. The SMILES string of the molecule is CCOC(=O)C1CCN(c2nccc3nc(NCc4ccc(Cl)cc4)ncc23)CC1. The van der Waals surface area contributed by atoms with Crippen LogP contribution in [0.5, 0.6) is 0 Å². The second-order valence-corrected chi connectivity index (χ2v) is 7.69. The van der Waals surface area contributed by atoms with Crippen molar-refractivity contribution in [3.8, 4) is 0 Å². The predicted molar refractivity (Wildman–Crippen MR) is 118 cm³/mol. The Labute approximate surface area is 180 Å². The standard InChI is InChI=1S/C22H24ClN5O2/c1-2-30-21(29)16-8-11-28(12-9-16)20-18-14-26-22(27-19(18)7-10-24-20)25-13-15-3-5-17(23)6-4-15/h3-7,10,14,16H,2,8-9,11-13H2,1H3,(H,25,26,27). The van der Waals surface area contributed by atoms with E-state index in [4.69, 9.17) is 16.3 Å². The summed E-state index contributed by atoms with van der Waals surface area (Å²) in [4.78, 5) is 27.9. The molecule has 0 bridgehead atoms. The van der Waals surface area contributed by atoms with Gasteiger partial charge in [-0.15, -0.1) is 0 Å². The van der Waals surface area contributed by atoms with Crippen LogP contribution < -0.4 is 10.2 Å². The molecule has 7 nitrogen and oxygen atoms in total. The third-order valence-electron chi connectivity index (χ3n) is 5.27. The van der Waals surface area contributed by atoms with Crippen LogP contribution in [-0.4, -0.2) is 40.6 Å². The second-order valence-electron chi connectivity index (χ2n) is 7.25. The highest BCUT2D eigenvalue weighted by Crippen LogP contribution is 2.28. The summed E-state index contributed by atoms with van der Waals surface area (Å²) < 4.78 is 5.16. The van der Waals surface area contributed by atoms with E-state index in [1.165, 1.54) is 0 Å². The number of fused-ring (bicyclic) bond motifs is 1. The molecule has 3 aromatic rings. The zero-order valence-corrected chi connectivity index (χ0v) is 17.6. The van der Waals surface area contributed by atoms with Crippen LogP contribution in [0.15, 0.2) is 42.7 Å². The van der Waals surface area contributed by atoms with Crippen molar-refractivity contribution in [2.24, 2.45) is 5.92 Å². The first-order chi connectivity index (χ1) is 14.6. The fourth-order valence-corrected chi connectivity index (χ4v) is 3.78. The molecule has 1 aliphatic rings. The number of benzene rings is 1. The van der Waals surface area contributed by atoms with Crippen LogP contribution in [0.4, 0.5) is 11.8 Å². The van der Waals surface area contributed by atoms with E-state index >= 15 is 0 Å². The molecule has 0 aliphatic carbocycles. The molecule has 1 aromatic carbocycles. The number of nitrogens with one attached hydrogen (secondary N) is 1. The molecule has 0 spiro atoms. The molecule has 0 amide bonds. The summed E-state index contributed by atoms with van der Waals surface area (Å²) in [6, 6.07) is 9.56. The van der Waals surface area contributed by atoms with Gasteiger partial charge in [0.1, 0.15) is 5.82 Å². The Morgan fingerprint density at radius 2 is 1.97 bits per heavy atom. The van der Waals surface area contributed by atoms with Crippen LogP contribution in [0, 0.1) is 5.92 Å². The molecule has 1 fully saturated rings. The summed E-state index contributed by atoms with van der Waals surface area (Å²) in [5.41, 5.74) is 1.93. The summed E-state index contributed by atoms with van der Waals surface area (Å²) in [7, 11) is 0. The maximum absolute atomic E-state index is 12.0. The first kappa shape index (κ1) is 20.3. The number of anilines is 2. The summed E-state index contributed by atoms with van der Waals surface area (Å²) in [5.74, 6) is 1.30. The van der Waals surface area contributed by atoms with Gasteiger partial charge in [-0.25, -0.2) is 15.0 Å². The molecule has 2 aromatic heterocycles. The van der Waals surface area contributed by atoms with E-state index in [9.17, 15) is 4.79 Å². The summed E-state index contributed by atoms with van der Waals surface area (Å²) in [6.07, 6.45) is 5.11. The Morgan fingerprint density at radius 3 is 2.70 bits per heavy atom. The van der Waals surface area contributed by atoms with Gasteiger partial charge in [0.2, 0.25) is 5.95 Å². The van der Waals surface area contributed by atoms with Crippen molar-refractivity contribution >= 4 is 40.2 Å². The van der Waals surface area contributed by atoms with Crippen LogP contribution in [-0.2, 0) is 16.1 Å². The molecule has 3 heterocycles. The Balaban J connectivity index is 1.45. The van der Waals surface area contributed by atoms with Gasteiger partial charge in [-0.1, -0.05) is 23.7 Å². The molecule has 0 unspecified atom stereocenters. The first-order valence-electron chi connectivity index (χ1n) is 10.2. The molecule has 1 saturated heterocycles. The van der Waals surface area contributed by atoms with Crippen molar-refractivity contribution in [1.82, 2.24) is 15.0 Å². The van der Waals surface area contributed by atoms with E-state index in [0.717, 1.165) is 48.2 Å². The topological polar surface area (TPSA) is 80.2 Å². The summed E-state index contributed by atoms with van der Waals surface area (Å²) >= 11 is 5.93. The van der Waals surface area contributed by atoms with Crippen molar-refractivity contribution in [2.45, 2.75) is 26.3 Å². The van der Waals surface area contributed by atoms with E-state index in [1.54, 1.807) is 6.20 Å². The average Bonchev–Trinajstić information content (AvgIpc) is 2.78. The molecular formula is C22H24ClN5O2. The number of hydrogen-bond donors (Lipinski definition) is 1. The fourth-order valence-electron chi connectivity index (χ4n) is 3.65. The number of aromatic nitrogens is 3. The van der Waals surface area contributed by atoms with Gasteiger partial charge in [0.25, 0.3) is 0 Å². The van der Waals surface area contributed by atoms with E-state index in [-0.39, 0.29) is 11.9 Å². The van der Waals surface area contributed by atoms with Crippen molar-refractivity contribution in [3.63, 3.8) is 0 Å². The van der Waals surface area contributed by atoms with Crippen molar-refractivity contribution in [3.05, 3.63) is 53.3 Å². The molecule has 30 heavy (non-hydrogen) atoms. The number of esters is 1. The Kier molecular flexibility index (Phi) is 6.28. The quantitative estimate of drug-likeness (QED) is 0.596. The van der Waals surface area contributed by atoms with Gasteiger partial charge in [-0.2, -0.15) is 0 Å². The van der Waals surface area contributed by atoms with E-state index in [1.807, 2.05) is 43.5 Å². The molecule has 8 heteroatoms. The zero-order chi connectivity index (χ0) is 20.9. The minimum Gasteiger partial charge on any atom is -0.466 e. The highest BCUT2D eigenvalue weighted by atomic mass is 35.5. The van der Waals surface area contributed by atoms with E-state index in [2.05, 4.69) is 25.2 Å². The minimum absolute atomic E-state index is 0.0314. The van der Waals surface area contributed by atoms with E-state index in [0.29, 0.717) is 24.1 Å². The number of carbonyl (C=O) groups is 1. The summed E-state index contributed by atoms with van der Waals surface area (Å²) in [6.45, 7) is 4.39. The van der Waals surface area contributed by atoms with Gasteiger partial charge in [0, 0.05) is 37.1 Å². The maximum Gasteiger partial charge on any atom is 0.309 e. The normalized spacial score (nSPS) is 14.7. The average molecular weight is 426 g/mol. The monoisotopic (exact) mass is 425 g/mol. The number of nitrogens with zero attached hydrogens (tertiary/aromatic N) is 4. The van der Waals surface area contributed by atoms with E-state index < -0.39 is 0 Å². The number of halogens is 1. The lowest BCUT2D eigenvalue weighted by atomic mass is 9.97. The largest absolute Gasteiger partial charge is 0.466 e. The smallest absolute Gasteiger partial charge is 0.309 e. The zero-order valence-electron chi connectivity index (χ0n) is 16.8. The lowest BCUT2D eigenvalue weighted by Gasteiger charge is -2.32. The minimum atomic E-state index is -0.0947. The lowest BCUT2D eigenvalue weighted by Crippen LogP contribution is -2.37. The molecular weight excluding hydrogens is 402 g/mol.